The maximum Gasteiger partial charge on any atom is 0.132 e. The van der Waals surface area contributed by atoms with Gasteiger partial charge >= 0.3 is 0 Å². The van der Waals surface area contributed by atoms with E-state index in [9.17, 15) is 0 Å². The molecule has 0 saturated carbocycles. The van der Waals surface area contributed by atoms with E-state index in [1.165, 1.54) is 0 Å². The molecule has 0 fully saturated rings. The van der Waals surface area contributed by atoms with E-state index < -0.39 is 0 Å². The first-order valence-corrected chi connectivity index (χ1v) is 8.73. The Morgan fingerprint density at radius 2 is 1.56 bits per heavy atom. The Hall–Kier alpha value is -0.557. The SMILES string of the molecule is COc1c(-c2ccccc2)c2c(c(Cl)c1C(C)(C)C)[CH]C(C)=C2Cl.[Zr]. The van der Waals surface area contributed by atoms with Gasteiger partial charge in [0.1, 0.15) is 5.75 Å². The number of allylic oxidation sites excluding steroid dienone is 1. The summed E-state index contributed by atoms with van der Waals surface area (Å²) in [5.74, 6) is 0.804. The van der Waals surface area contributed by atoms with Crippen LogP contribution in [-0.4, -0.2) is 7.11 Å². The fourth-order valence-corrected chi connectivity index (χ4v) is 4.08. The van der Waals surface area contributed by atoms with Crippen LogP contribution in [0.15, 0.2) is 35.9 Å². The third kappa shape index (κ3) is 3.51. The van der Waals surface area contributed by atoms with Crippen molar-refractivity contribution in [3.05, 3.63) is 64.0 Å². The van der Waals surface area contributed by atoms with Gasteiger partial charge in [-0.2, -0.15) is 0 Å². The fourth-order valence-electron chi connectivity index (χ4n) is 3.31. The smallest absolute Gasteiger partial charge is 0.132 e. The normalized spacial score (nSPS) is 13.6. The minimum absolute atomic E-state index is 0. The topological polar surface area (TPSA) is 9.23 Å². The van der Waals surface area contributed by atoms with E-state index in [0.717, 1.165) is 49.2 Å². The van der Waals surface area contributed by atoms with Crippen molar-refractivity contribution in [1.29, 1.82) is 0 Å². The molecule has 0 spiro atoms. The summed E-state index contributed by atoms with van der Waals surface area (Å²) in [7, 11) is 1.70. The molecule has 0 atom stereocenters. The van der Waals surface area contributed by atoms with Crippen LogP contribution in [0.1, 0.15) is 44.4 Å². The summed E-state index contributed by atoms with van der Waals surface area (Å²) in [6, 6.07) is 10.2. The number of hydrogen-bond acceptors (Lipinski definition) is 1. The predicted octanol–water partition coefficient (Wildman–Crippen LogP) is 6.85. The Kier molecular flexibility index (Phi) is 6.30. The Labute approximate surface area is 179 Å². The molecule has 0 heterocycles. The van der Waals surface area contributed by atoms with Crippen LogP contribution in [0, 0.1) is 6.42 Å². The van der Waals surface area contributed by atoms with Crippen molar-refractivity contribution in [2.45, 2.75) is 33.1 Å². The number of fused-ring (bicyclic) bond motifs is 1. The van der Waals surface area contributed by atoms with Crippen molar-refractivity contribution in [3.8, 4) is 16.9 Å². The molecule has 2 aromatic rings. The van der Waals surface area contributed by atoms with Crippen LogP contribution in [0.2, 0.25) is 5.02 Å². The first kappa shape index (κ1) is 20.8. The predicted molar refractivity (Wildman–Crippen MR) is 104 cm³/mol. The largest absolute Gasteiger partial charge is 0.496 e. The van der Waals surface area contributed by atoms with Gasteiger partial charge in [-0.15, -0.1) is 0 Å². The molecule has 1 nitrogen and oxygen atoms in total. The molecule has 25 heavy (non-hydrogen) atoms. The van der Waals surface area contributed by atoms with E-state index in [4.69, 9.17) is 27.9 Å². The van der Waals surface area contributed by atoms with Gasteiger partial charge in [-0.05, 0) is 29.0 Å². The molecule has 0 aliphatic heterocycles. The van der Waals surface area contributed by atoms with Gasteiger partial charge in [-0.25, -0.2) is 0 Å². The van der Waals surface area contributed by atoms with Crippen LogP contribution in [0.5, 0.6) is 5.75 Å². The zero-order valence-corrected chi connectivity index (χ0v) is 19.1. The van der Waals surface area contributed by atoms with Crippen LogP contribution in [0.4, 0.5) is 0 Å². The molecule has 3 rings (SSSR count). The van der Waals surface area contributed by atoms with E-state index in [2.05, 4.69) is 39.3 Å². The molecule has 0 N–H and O–H groups in total. The van der Waals surface area contributed by atoms with Crippen molar-refractivity contribution >= 4 is 28.2 Å². The van der Waals surface area contributed by atoms with E-state index in [1.807, 2.05) is 25.1 Å². The average molecular weight is 452 g/mol. The Balaban J connectivity index is 0.00000225. The summed E-state index contributed by atoms with van der Waals surface area (Å²) >= 11 is 13.5. The van der Waals surface area contributed by atoms with Crippen LogP contribution in [0.25, 0.3) is 16.2 Å². The van der Waals surface area contributed by atoms with E-state index in [1.54, 1.807) is 7.11 Å². The molecule has 129 valence electrons. The van der Waals surface area contributed by atoms with Gasteiger partial charge in [-0.1, -0.05) is 74.3 Å². The van der Waals surface area contributed by atoms with E-state index in [0.29, 0.717) is 0 Å². The van der Waals surface area contributed by atoms with Gasteiger partial charge in [0.25, 0.3) is 0 Å². The summed E-state index contributed by atoms with van der Waals surface area (Å²) in [5, 5.41) is 1.47. The van der Waals surface area contributed by atoms with Gasteiger partial charge < -0.3 is 4.74 Å². The number of rotatable bonds is 2. The molecule has 0 saturated heterocycles. The molecular weight excluding hydrogens is 430 g/mol. The standard InChI is InChI=1S/C21H21Cl2O.Zr/c1-12-11-14-16(18(12)22)15(13-9-7-6-8-10-13)20(24-5)17(19(14)23)21(2,3)4;/h6-11H,1-5H3;. The average Bonchev–Trinajstić information content (AvgIpc) is 2.83. The van der Waals surface area contributed by atoms with Crippen LogP contribution in [-0.2, 0) is 31.6 Å². The second-order valence-electron chi connectivity index (χ2n) is 7.14. The van der Waals surface area contributed by atoms with Crippen molar-refractivity contribution in [2.75, 3.05) is 7.11 Å². The Morgan fingerprint density at radius 3 is 2.08 bits per heavy atom. The van der Waals surface area contributed by atoms with Gasteiger partial charge in [0.05, 0.1) is 12.1 Å². The first-order valence-electron chi connectivity index (χ1n) is 7.98. The minimum Gasteiger partial charge on any atom is -0.496 e. The summed E-state index contributed by atoms with van der Waals surface area (Å²) in [6.45, 7) is 8.45. The third-order valence-corrected chi connectivity index (χ3v) is 5.25. The van der Waals surface area contributed by atoms with Gasteiger partial charge in [-0.3, -0.25) is 0 Å². The van der Waals surface area contributed by atoms with Crippen LogP contribution >= 0.6 is 23.2 Å². The third-order valence-electron chi connectivity index (χ3n) is 4.37. The summed E-state index contributed by atoms with van der Waals surface area (Å²) in [4.78, 5) is 0. The first-order chi connectivity index (χ1) is 11.3. The van der Waals surface area contributed by atoms with Gasteiger partial charge in [0.15, 0.2) is 0 Å². The molecule has 2 aromatic carbocycles. The van der Waals surface area contributed by atoms with Crippen LogP contribution < -0.4 is 4.74 Å². The maximum absolute atomic E-state index is 6.82. The second-order valence-corrected chi connectivity index (χ2v) is 7.90. The molecular formula is C21H21Cl2OZr. The summed E-state index contributed by atoms with van der Waals surface area (Å²) in [5.41, 5.74) is 5.93. The van der Waals surface area contributed by atoms with Crippen molar-refractivity contribution in [3.63, 3.8) is 0 Å². The summed E-state index contributed by atoms with van der Waals surface area (Å²) in [6.07, 6.45) is 2.07. The minimum atomic E-state index is -0.155. The van der Waals surface area contributed by atoms with Crippen LogP contribution in [0.3, 0.4) is 0 Å². The molecule has 4 heteroatoms. The molecule has 0 bridgehead atoms. The molecule has 0 unspecified atom stereocenters. The number of halogens is 2. The van der Waals surface area contributed by atoms with Crippen molar-refractivity contribution in [2.24, 2.45) is 0 Å². The van der Waals surface area contributed by atoms with E-state index in [-0.39, 0.29) is 31.6 Å². The van der Waals surface area contributed by atoms with E-state index >= 15 is 0 Å². The number of benzene rings is 2. The number of ether oxygens (including phenoxy) is 1. The summed E-state index contributed by atoms with van der Waals surface area (Å²) < 4.78 is 5.87. The number of methoxy groups -OCH3 is 1. The molecule has 1 aliphatic rings. The molecule has 1 radical (unpaired) electrons. The number of hydrogen-bond donors (Lipinski definition) is 0. The van der Waals surface area contributed by atoms with Crippen molar-refractivity contribution in [1.82, 2.24) is 0 Å². The van der Waals surface area contributed by atoms with Gasteiger partial charge in [0.2, 0.25) is 0 Å². The quantitative estimate of drug-likeness (QED) is 0.485. The zero-order valence-electron chi connectivity index (χ0n) is 15.1. The maximum atomic E-state index is 6.82. The zero-order chi connectivity index (χ0) is 17.6. The Morgan fingerprint density at radius 1 is 0.960 bits per heavy atom. The molecule has 0 aromatic heterocycles. The Bertz CT molecular complexity index is 833. The monoisotopic (exact) mass is 449 g/mol. The van der Waals surface area contributed by atoms with Crippen molar-refractivity contribution < 1.29 is 30.9 Å². The molecule has 0 amide bonds. The second kappa shape index (κ2) is 7.59. The van der Waals surface area contributed by atoms with Gasteiger partial charge in [0, 0.05) is 54.3 Å². The fraction of sp³-hybridized carbons (Fsp3) is 0.286. The molecule has 1 aliphatic carbocycles.